The van der Waals surface area contributed by atoms with E-state index in [1.54, 1.807) is 18.2 Å². The van der Waals surface area contributed by atoms with Crippen molar-refractivity contribution >= 4 is 12.1 Å². The van der Waals surface area contributed by atoms with Crippen LogP contribution in [0.15, 0.2) is 60.3 Å². The van der Waals surface area contributed by atoms with Crippen LogP contribution < -0.4 is 14.8 Å². The number of ether oxygens (including phenoxy) is 4. The lowest BCUT2D eigenvalue weighted by molar-refractivity contribution is -0.140. The number of para-hydroxylation sites is 1. The Morgan fingerprint density at radius 1 is 1.03 bits per heavy atom. The lowest BCUT2D eigenvalue weighted by atomic mass is 10.1. The summed E-state index contributed by atoms with van der Waals surface area (Å²) in [7, 11) is 0. The Morgan fingerprint density at radius 2 is 1.79 bits per heavy atom. The number of amides is 1. The van der Waals surface area contributed by atoms with E-state index in [0.29, 0.717) is 30.3 Å². The molecular formula is C22H23NO6. The van der Waals surface area contributed by atoms with Gasteiger partial charge < -0.3 is 18.9 Å². The number of nitrogens with one attached hydrogen (secondary N) is 1. The van der Waals surface area contributed by atoms with Crippen LogP contribution in [0.2, 0.25) is 0 Å². The average Bonchev–Trinajstić information content (AvgIpc) is 3.09. The largest absolute Gasteiger partial charge is 0.490 e. The molecule has 1 atom stereocenters. The average molecular weight is 397 g/mol. The van der Waals surface area contributed by atoms with E-state index in [1.165, 1.54) is 6.08 Å². The van der Waals surface area contributed by atoms with Crippen LogP contribution in [-0.2, 0) is 20.9 Å². The maximum atomic E-state index is 12.2. The molecule has 0 saturated heterocycles. The van der Waals surface area contributed by atoms with Crippen LogP contribution in [0.5, 0.6) is 11.5 Å². The van der Waals surface area contributed by atoms with Gasteiger partial charge in [0.1, 0.15) is 12.3 Å². The molecule has 7 heteroatoms. The highest BCUT2D eigenvalue weighted by Gasteiger charge is 2.31. The molecule has 0 spiro atoms. The number of carbonyl (C=O) groups is 2. The predicted molar refractivity (Wildman–Crippen MR) is 105 cm³/mol. The fourth-order valence-electron chi connectivity index (χ4n) is 2.87. The molecule has 1 unspecified atom stereocenters. The molecule has 0 fully saturated rings. The van der Waals surface area contributed by atoms with Crippen LogP contribution in [0.4, 0.5) is 4.79 Å². The second-order valence-corrected chi connectivity index (χ2v) is 6.13. The number of esters is 1. The summed E-state index contributed by atoms with van der Waals surface area (Å²) in [5.41, 5.74) is 1.51. The number of carbonyl (C=O) groups excluding carboxylic acids is 2. The first-order valence-corrected chi connectivity index (χ1v) is 9.41. The van der Waals surface area contributed by atoms with Crippen molar-refractivity contribution in [1.29, 1.82) is 0 Å². The molecule has 152 valence electrons. The Hall–Kier alpha value is -3.48. The molecule has 0 aromatic heterocycles. The third-order valence-corrected chi connectivity index (χ3v) is 4.13. The van der Waals surface area contributed by atoms with Gasteiger partial charge >= 0.3 is 12.1 Å². The van der Waals surface area contributed by atoms with Gasteiger partial charge in [0, 0.05) is 5.56 Å². The fourth-order valence-corrected chi connectivity index (χ4v) is 2.87. The Balaban J connectivity index is 1.71. The molecule has 0 saturated carbocycles. The van der Waals surface area contributed by atoms with E-state index in [1.807, 2.05) is 44.2 Å². The van der Waals surface area contributed by atoms with Crippen molar-refractivity contribution in [1.82, 2.24) is 5.32 Å². The molecule has 1 heterocycles. The van der Waals surface area contributed by atoms with Crippen LogP contribution in [0.25, 0.3) is 0 Å². The minimum Gasteiger partial charge on any atom is -0.490 e. The van der Waals surface area contributed by atoms with E-state index >= 15 is 0 Å². The van der Waals surface area contributed by atoms with Gasteiger partial charge in [0.2, 0.25) is 0 Å². The Morgan fingerprint density at radius 3 is 2.52 bits per heavy atom. The van der Waals surface area contributed by atoms with Crippen molar-refractivity contribution < 1.29 is 28.5 Å². The van der Waals surface area contributed by atoms with Gasteiger partial charge in [0.05, 0.1) is 13.2 Å². The fraction of sp³-hybridized carbons (Fsp3) is 0.273. The van der Waals surface area contributed by atoms with E-state index < -0.39 is 18.2 Å². The van der Waals surface area contributed by atoms with E-state index in [-0.39, 0.29) is 12.3 Å². The lowest BCUT2D eigenvalue weighted by Crippen LogP contribution is -2.26. The smallest absolute Gasteiger partial charge is 0.412 e. The van der Waals surface area contributed by atoms with Crippen molar-refractivity contribution in [2.24, 2.45) is 0 Å². The van der Waals surface area contributed by atoms with Gasteiger partial charge in [-0.2, -0.15) is 0 Å². The molecule has 2 aromatic rings. The third kappa shape index (κ3) is 5.07. The summed E-state index contributed by atoms with van der Waals surface area (Å²) in [6, 6.07) is 14.6. The number of hydrogen-bond donors (Lipinski definition) is 1. The van der Waals surface area contributed by atoms with Crippen LogP contribution in [0.1, 0.15) is 31.1 Å². The zero-order chi connectivity index (χ0) is 20.6. The standard InChI is InChI=1S/C22H23NO6/c1-3-26-18-12-8-11-16(20(18)27-4-2)19-13-17(21(24)29-19)23-22(25)28-14-15-9-6-5-7-10-15/h5-13,19H,3-4,14H2,1-2H3,(H,23,25). The number of alkyl carbamates (subject to hydrolysis) is 1. The summed E-state index contributed by atoms with van der Waals surface area (Å²) >= 11 is 0. The molecule has 7 nitrogen and oxygen atoms in total. The highest BCUT2D eigenvalue weighted by atomic mass is 16.6. The van der Waals surface area contributed by atoms with Gasteiger partial charge in [-0.25, -0.2) is 9.59 Å². The van der Waals surface area contributed by atoms with Gasteiger partial charge in [0.15, 0.2) is 17.6 Å². The topological polar surface area (TPSA) is 83.1 Å². The first-order valence-electron chi connectivity index (χ1n) is 9.41. The molecule has 0 aliphatic carbocycles. The summed E-state index contributed by atoms with van der Waals surface area (Å²) in [5, 5.41) is 2.44. The van der Waals surface area contributed by atoms with E-state index in [2.05, 4.69) is 5.32 Å². The highest BCUT2D eigenvalue weighted by molar-refractivity contribution is 5.94. The first-order chi connectivity index (χ1) is 14.1. The molecule has 1 N–H and O–H groups in total. The SMILES string of the molecule is CCOc1cccc(C2C=C(NC(=O)OCc3ccccc3)C(=O)O2)c1OCC. The third-order valence-electron chi connectivity index (χ3n) is 4.13. The summed E-state index contributed by atoms with van der Waals surface area (Å²) in [5.74, 6) is 0.440. The lowest BCUT2D eigenvalue weighted by Gasteiger charge is -2.17. The van der Waals surface area contributed by atoms with Crippen molar-refractivity contribution in [3.8, 4) is 11.5 Å². The van der Waals surface area contributed by atoms with Crippen molar-refractivity contribution in [3.63, 3.8) is 0 Å². The Labute approximate surface area is 169 Å². The van der Waals surface area contributed by atoms with Crippen molar-refractivity contribution in [3.05, 3.63) is 71.4 Å². The second-order valence-electron chi connectivity index (χ2n) is 6.13. The maximum absolute atomic E-state index is 12.2. The van der Waals surface area contributed by atoms with Gasteiger partial charge in [-0.15, -0.1) is 0 Å². The van der Waals surface area contributed by atoms with E-state index in [9.17, 15) is 9.59 Å². The van der Waals surface area contributed by atoms with Gasteiger partial charge in [-0.1, -0.05) is 42.5 Å². The van der Waals surface area contributed by atoms with Crippen molar-refractivity contribution in [2.45, 2.75) is 26.6 Å². The minimum atomic E-state index is -0.731. The Bertz CT molecular complexity index is 893. The molecule has 3 rings (SSSR count). The van der Waals surface area contributed by atoms with E-state index in [4.69, 9.17) is 18.9 Å². The molecule has 1 amide bonds. The zero-order valence-electron chi connectivity index (χ0n) is 16.3. The normalized spacial score (nSPS) is 15.3. The molecule has 29 heavy (non-hydrogen) atoms. The summed E-state index contributed by atoms with van der Waals surface area (Å²) in [4.78, 5) is 24.3. The molecule has 0 radical (unpaired) electrons. The highest BCUT2D eigenvalue weighted by Crippen LogP contribution is 2.39. The maximum Gasteiger partial charge on any atom is 0.412 e. The van der Waals surface area contributed by atoms with Gasteiger partial charge in [0.25, 0.3) is 0 Å². The number of cyclic esters (lactones) is 1. The van der Waals surface area contributed by atoms with Crippen molar-refractivity contribution in [2.75, 3.05) is 13.2 Å². The van der Waals surface area contributed by atoms with E-state index in [0.717, 1.165) is 5.56 Å². The molecule has 1 aliphatic heterocycles. The second kappa shape index (κ2) is 9.64. The quantitative estimate of drug-likeness (QED) is 0.681. The van der Waals surface area contributed by atoms with Crippen LogP contribution in [0, 0.1) is 0 Å². The van der Waals surface area contributed by atoms with Crippen LogP contribution in [-0.4, -0.2) is 25.3 Å². The number of benzene rings is 2. The Kier molecular flexibility index (Phi) is 6.73. The zero-order valence-corrected chi connectivity index (χ0v) is 16.3. The minimum absolute atomic E-state index is 0.0253. The van der Waals surface area contributed by atoms with Gasteiger partial charge in [-0.3, -0.25) is 5.32 Å². The monoisotopic (exact) mass is 397 g/mol. The predicted octanol–water partition coefficient (Wildman–Crippen LogP) is 3.89. The van der Waals surface area contributed by atoms with Crippen LogP contribution in [0.3, 0.4) is 0 Å². The molecule has 0 bridgehead atoms. The summed E-state index contributed by atoms with van der Waals surface area (Å²) in [6.45, 7) is 4.74. The summed E-state index contributed by atoms with van der Waals surface area (Å²) < 4.78 is 21.9. The molecular weight excluding hydrogens is 374 g/mol. The van der Waals surface area contributed by atoms with Crippen LogP contribution >= 0.6 is 0 Å². The number of rotatable bonds is 8. The first kappa shape index (κ1) is 20.3. The summed E-state index contributed by atoms with van der Waals surface area (Å²) in [6.07, 6.45) is 0.0966. The molecule has 2 aromatic carbocycles. The van der Waals surface area contributed by atoms with Gasteiger partial charge in [-0.05, 0) is 31.6 Å². The molecule has 1 aliphatic rings. The number of hydrogen-bond acceptors (Lipinski definition) is 6.